The molecule has 0 fully saturated rings. The normalized spacial score (nSPS) is 12.8. The van der Waals surface area contributed by atoms with E-state index in [0.717, 1.165) is 0 Å². The van der Waals surface area contributed by atoms with Crippen LogP contribution < -0.4 is 10.4 Å². The van der Waals surface area contributed by atoms with Crippen molar-refractivity contribution >= 4 is 22.7 Å². The Hall–Kier alpha value is -3.16. The summed E-state index contributed by atoms with van der Waals surface area (Å²) in [5, 5.41) is 14.3. The topological polar surface area (TPSA) is 77.9 Å². The summed E-state index contributed by atoms with van der Waals surface area (Å²) in [5.74, 6) is -3.06. The Morgan fingerprint density at radius 1 is 1.00 bits per heavy atom. The Labute approximate surface area is 140 Å². The van der Waals surface area contributed by atoms with Crippen molar-refractivity contribution in [3.8, 4) is 0 Å². The lowest BCUT2D eigenvalue weighted by atomic mass is 10.1. The Kier molecular flexibility index (Phi) is 4.26. The fraction of sp³-hybridized carbons (Fsp3) is 0.118. The van der Waals surface area contributed by atoms with Crippen molar-refractivity contribution in [3.05, 3.63) is 66.0 Å². The number of aromatic nitrogens is 2. The molecule has 0 aliphatic carbocycles. The standard InChI is InChI=1S/C17H12F3N3O2/c18-17(19,20)16-21-12-9-5-4-8-11(12)14(23-16)22-13(15(24)25)10-6-2-1-3-7-10/h1-9,13H,(H,24,25)(H,21,22,23)/p-1/t13-/m1/s1. The highest BCUT2D eigenvalue weighted by atomic mass is 19.4. The molecule has 0 radical (unpaired) electrons. The van der Waals surface area contributed by atoms with Crippen molar-refractivity contribution in [2.75, 3.05) is 5.32 Å². The Morgan fingerprint density at radius 3 is 2.28 bits per heavy atom. The summed E-state index contributed by atoms with van der Waals surface area (Å²) in [7, 11) is 0. The third-order valence-corrected chi connectivity index (χ3v) is 3.51. The van der Waals surface area contributed by atoms with Crippen LogP contribution in [0.1, 0.15) is 17.4 Å². The fourth-order valence-corrected chi connectivity index (χ4v) is 2.37. The average Bonchev–Trinajstić information content (AvgIpc) is 2.59. The van der Waals surface area contributed by atoms with Crippen molar-refractivity contribution in [3.63, 3.8) is 0 Å². The minimum atomic E-state index is -4.76. The van der Waals surface area contributed by atoms with Gasteiger partial charge in [0.2, 0.25) is 5.82 Å². The molecule has 0 bridgehead atoms. The van der Waals surface area contributed by atoms with Crippen LogP contribution in [0.25, 0.3) is 10.9 Å². The number of aliphatic carboxylic acids is 1. The predicted octanol–water partition coefficient (Wildman–Crippen LogP) is 2.55. The van der Waals surface area contributed by atoms with Gasteiger partial charge in [-0.05, 0) is 17.7 Å². The number of halogens is 3. The maximum absolute atomic E-state index is 13.0. The molecule has 1 aromatic heterocycles. The van der Waals surface area contributed by atoms with E-state index < -0.39 is 24.0 Å². The highest BCUT2D eigenvalue weighted by Crippen LogP contribution is 2.31. The summed E-state index contributed by atoms with van der Waals surface area (Å²) in [6, 6.07) is 12.7. The van der Waals surface area contributed by atoms with Gasteiger partial charge in [0.05, 0.1) is 17.5 Å². The molecule has 3 aromatic rings. The number of hydrogen-bond donors (Lipinski definition) is 1. The third-order valence-electron chi connectivity index (χ3n) is 3.51. The van der Waals surface area contributed by atoms with Crippen LogP contribution in [0.5, 0.6) is 0 Å². The lowest BCUT2D eigenvalue weighted by molar-refractivity contribution is -0.307. The summed E-state index contributed by atoms with van der Waals surface area (Å²) >= 11 is 0. The number of carboxylic acids is 1. The van der Waals surface area contributed by atoms with Gasteiger partial charge in [0, 0.05) is 5.39 Å². The summed E-state index contributed by atoms with van der Waals surface area (Å²) in [6.45, 7) is 0. The van der Waals surface area contributed by atoms with Gasteiger partial charge in [0.15, 0.2) is 0 Å². The largest absolute Gasteiger partial charge is 0.548 e. The first-order valence-corrected chi connectivity index (χ1v) is 7.22. The second-order valence-electron chi connectivity index (χ2n) is 5.22. The molecule has 0 saturated carbocycles. The van der Waals surface area contributed by atoms with Gasteiger partial charge in [-0.3, -0.25) is 0 Å². The summed E-state index contributed by atoms with van der Waals surface area (Å²) in [4.78, 5) is 18.5. The molecule has 8 heteroatoms. The quantitative estimate of drug-likeness (QED) is 0.785. The van der Waals surface area contributed by atoms with Crippen molar-refractivity contribution in [2.24, 2.45) is 0 Å². The number of carboxylic acid groups (broad SMARTS) is 1. The van der Waals surface area contributed by atoms with E-state index in [1.54, 1.807) is 24.3 Å². The molecule has 0 spiro atoms. The van der Waals surface area contributed by atoms with Crippen LogP contribution >= 0.6 is 0 Å². The van der Waals surface area contributed by atoms with Crippen molar-refractivity contribution < 1.29 is 23.1 Å². The Morgan fingerprint density at radius 2 is 1.64 bits per heavy atom. The molecule has 1 heterocycles. The van der Waals surface area contributed by atoms with Crippen LogP contribution in [0.15, 0.2) is 54.6 Å². The minimum Gasteiger partial charge on any atom is -0.548 e. The molecule has 3 rings (SSSR count). The lowest BCUT2D eigenvalue weighted by Gasteiger charge is -2.22. The van der Waals surface area contributed by atoms with Gasteiger partial charge in [0.1, 0.15) is 5.82 Å². The number of rotatable bonds is 4. The summed E-state index contributed by atoms with van der Waals surface area (Å²) < 4.78 is 39.1. The van der Waals surface area contributed by atoms with Gasteiger partial charge in [0.25, 0.3) is 0 Å². The van der Waals surface area contributed by atoms with Crippen molar-refractivity contribution in [1.82, 2.24) is 9.97 Å². The predicted molar refractivity (Wildman–Crippen MR) is 82.4 cm³/mol. The van der Waals surface area contributed by atoms with Crippen LogP contribution in [0.4, 0.5) is 19.0 Å². The maximum atomic E-state index is 13.0. The molecule has 128 valence electrons. The van der Waals surface area contributed by atoms with Crippen LogP contribution in [-0.4, -0.2) is 15.9 Å². The van der Waals surface area contributed by atoms with Gasteiger partial charge in [-0.25, -0.2) is 9.97 Å². The molecule has 0 aliphatic heterocycles. The smallest absolute Gasteiger partial charge is 0.451 e. The van der Waals surface area contributed by atoms with E-state index in [1.807, 2.05) is 0 Å². The highest BCUT2D eigenvalue weighted by molar-refractivity contribution is 5.91. The third kappa shape index (κ3) is 3.52. The number of fused-ring (bicyclic) bond motifs is 1. The molecule has 1 atom stereocenters. The van der Waals surface area contributed by atoms with Gasteiger partial charge in [-0.1, -0.05) is 42.5 Å². The van der Waals surface area contributed by atoms with E-state index in [2.05, 4.69) is 15.3 Å². The number of para-hydroxylation sites is 1. The number of anilines is 1. The van der Waals surface area contributed by atoms with Crippen LogP contribution in [0.2, 0.25) is 0 Å². The molecular formula is C17H11F3N3O2-. The average molecular weight is 346 g/mol. The van der Waals surface area contributed by atoms with E-state index in [-0.39, 0.29) is 16.7 Å². The minimum absolute atomic E-state index is 0.0532. The number of hydrogen-bond acceptors (Lipinski definition) is 5. The van der Waals surface area contributed by atoms with Crippen LogP contribution in [0.3, 0.4) is 0 Å². The number of nitrogens with zero attached hydrogens (tertiary/aromatic N) is 2. The lowest BCUT2D eigenvalue weighted by Crippen LogP contribution is -2.34. The number of nitrogens with one attached hydrogen (secondary N) is 1. The van der Waals surface area contributed by atoms with Gasteiger partial charge in [-0.15, -0.1) is 0 Å². The second kappa shape index (κ2) is 6.39. The number of carbonyl (C=O) groups excluding carboxylic acids is 1. The highest BCUT2D eigenvalue weighted by Gasteiger charge is 2.35. The maximum Gasteiger partial charge on any atom is 0.451 e. The zero-order chi connectivity index (χ0) is 18.0. The Bertz CT molecular complexity index is 914. The molecular weight excluding hydrogens is 335 g/mol. The Balaban J connectivity index is 2.12. The number of carbonyl (C=O) groups is 1. The molecule has 1 N–H and O–H groups in total. The molecule has 0 unspecified atom stereocenters. The van der Waals surface area contributed by atoms with Gasteiger partial charge >= 0.3 is 6.18 Å². The van der Waals surface area contributed by atoms with E-state index in [1.165, 1.54) is 30.3 Å². The van der Waals surface area contributed by atoms with Gasteiger partial charge < -0.3 is 15.2 Å². The van der Waals surface area contributed by atoms with Crippen molar-refractivity contribution in [2.45, 2.75) is 12.2 Å². The molecule has 5 nitrogen and oxygen atoms in total. The number of alkyl halides is 3. The fourth-order valence-electron chi connectivity index (χ4n) is 2.37. The molecule has 2 aromatic carbocycles. The second-order valence-corrected chi connectivity index (χ2v) is 5.22. The molecule has 0 saturated heterocycles. The zero-order valence-corrected chi connectivity index (χ0v) is 12.6. The van der Waals surface area contributed by atoms with E-state index in [4.69, 9.17) is 0 Å². The number of benzene rings is 2. The molecule has 0 aliphatic rings. The van der Waals surface area contributed by atoms with E-state index in [0.29, 0.717) is 5.56 Å². The monoisotopic (exact) mass is 346 g/mol. The zero-order valence-electron chi connectivity index (χ0n) is 12.6. The first kappa shape index (κ1) is 16.7. The van der Waals surface area contributed by atoms with Crippen molar-refractivity contribution in [1.29, 1.82) is 0 Å². The summed E-state index contributed by atoms with van der Waals surface area (Å²) in [5.41, 5.74) is 0.385. The van der Waals surface area contributed by atoms with Crippen LogP contribution in [-0.2, 0) is 11.0 Å². The first-order valence-electron chi connectivity index (χ1n) is 7.22. The molecule has 0 amide bonds. The summed E-state index contributed by atoms with van der Waals surface area (Å²) in [6.07, 6.45) is -4.76. The molecule has 25 heavy (non-hydrogen) atoms. The van der Waals surface area contributed by atoms with E-state index >= 15 is 0 Å². The SMILES string of the molecule is O=C([O-])[C@H](Nc1nc(C(F)(F)F)nc2ccccc12)c1ccccc1. The van der Waals surface area contributed by atoms with E-state index in [9.17, 15) is 23.1 Å². The van der Waals surface area contributed by atoms with Crippen LogP contribution in [0, 0.1) is 0 Å². The van der Waals surface area contributed by atoms with Gasteiger partial charge in [-0.2, -0.15) is 13.2 Å². The first-order chi connectivity index (χ1) is 11.9.